The molecule has 5 heteroatoms. The molecule has 0 aliphatic carbocycles. The Labute approximate surface area is 95.8 Å². The zero-order chi connectivity index (χ0) is 11.7. The van der Waals surface area contributed by atoms with Crippen molar-refractivity contribution in [2.45, 2.75) is 6.61 Å². The first-order chi connectivity index (χ1) is 7.61. The third kappa shape index (κ3) is 1.94. The van der Waals surface area contributed by atoms with Gasteiger partial charge < -0.3 is 9.72 Å². The molecule has 0 amide bonds. The summed E-state index contributed by atoms with van der Waals surface area (Å²) in [5.41, 5.74) is 0.811. The van der Waals surface area contributed by atoms with Gasteiger partial charge in [0.15, 0.2) is 5.43 Å². The van der Waals surface area contributed by atoms with E-state index in [2.05, 4.69) is 4.98 Å². The van der Waals surface area contributed by atoms with Crippen LogP contribution in [0.3, 0.4) is 0 Å². The van der Waals surface area contributed by atoms with Crippen LogP contribution in [-0.4, -0.2) is 12.1 Å². The van der Waals surface area contributed by atoms with Gasteiger partial charge in [-0.2, -0.15) is 0 Å². The number of benzene rings is 1. The van der Waals surface area contributed by atoms with E-state index >= 15 is 0 Å². The molecule has 1 heterocycles. The topological polar surface area (TPSA) is 42.1 Å². The van der Waals surface area contributed by atoms with Crippen LogP contribution in [0.25, 0.3) is 10.9 Å². The van der Waals surface area contributed by atoms with Crippen molar-refractivity contribution in [3.05, 3.63) is 45.0 Å². The molecule has 1 aromatic carbocycles. The summed E-state index contributed by atoms with van der Waals surface area (Å²) >= 11 is 5.61. The number of hydrogen-bond donors (Lipinski definition) is 1. The van der Waals surface area contributed by atoms with E-state index < -0.39 is 5.82 Å². The van der Waals surface area contributed by atoms with Gasteiger partial charge in [-0.25, -0.2) is 4.39 Å². The second-order valence-electron chi connectivity index (χ2n) is 3.40. The van der Waals surface area contributed by atoms with Gasteiger partial charge in [-0.1, -0.05) is 11.6 Å². The molecular formula is C11H9ClFNO2. The van der Waals surface area contributed by atoms with Gasteiger partial charge >= 0.3 is 0 Å². The lowest BCUT2D eigenvalue weighted by Crippen LogP contribution is -2.06. The maximum Gasteiger partial charge on any atom is 0.189 e. The smallest absolute Gasteiger partial charge is 0.189 e. The summed E-state index contributed by atoms with van der Waals surface area (Å²) in [6, 6.07) is 3.94. The van der Waals surface area contributed by atoms with Crippen molar-refractivity contribution in [1.29, 1.82) is 0 Å². The molecule has 2 rings (SSSR count). The van der Waals surface area contributed by atoms with Gasteiger partial charge in [0.1, 0.15) is 5.82 Å². The Morgan fingerprint density at radius 2 is 2.19 bits per heavy atom. The Bertz CT molecular complexity index is 594. The van der Waals surface area contributed by atoms with Crippen molar-refractivity contribution in [2.75, 3.05) is 7.11 Å². The maximum absolute atomic E-state index is 13.2. The maximum atomic E-state index is 13.2. The number of aromatic amines is 1. The summed E-state index contributed by atoms with van der Waals surface area (Å²) in [7, 11) is 1.52. The number of methoxy groups -OCH3 is 1. The Morgan fingerprint density at radius 1 is 1.44 bits per heavy atom. The van der Waals surface area contributed by atoms with Crippen molar-refractivity contribution < 1.29 is 9.13 Å². The van der Waals surface area contributed by atoms with Crippen LogP contribution < -0.4 is 5.43 Å². The van der Waals surface area contributed by atoms with E-state index in [-0.39, 0.29) is 17.1 Å². The predicted octanol–water partition coefficient (Wildman–Crippen LogP) is 2.47. The minimum absolute atomic E-state index is 0.0579. The number of fused-ring (bicyclic) bond motifs is 1. The van der Waals surface area contributed by atoms with Gasteiger partial charge in [-0.3, -0.25) is 4.79 Å². The summed E-state index contributed by atoms with van der Waals surface area (Å²) in [5, 5.41) is 0.309. The van der Waals surface area contributed by atoms with E-state index in [4.69, 9.17) is 16.3 Å². The number of ether oxygens (including phenoxy) is 1. The van der Waals surface area contributed by atoms with E-state index in [1.807, 2.05) is 0 Å². The first kappa shape index (κ1) is 11.1. The number of nitrogens with one attached hydrogen (secondary N) is 1. The SMILES string of the molecule is COCc1cc(=O)c2cc(Cl)c(F)cc2[nH]1. The molecule has 0 unspecified atom stereocenters. The highest BCUT2D eigenvalue weighted by Gasteiger charge is 2.07. The zero-order valence-corrected chi connectivity index (χ0v) is 9.27. The van der Waals surface area contributed by atoms with Crippen LogP contribution in [0.5, 0.6) is 0 Å². The van der Waals surface area contributed by atoms with Crippen LogP contribution in [-0.2, 0) is 11.3 Å². The van der Waals surface area contributed by atoms with Gasteiger partial charge in [-0.15, -0.1) is 0 Å². The molecule has 2 aromatic rings. The van der Waals surface area contributed by atoms with Crippen molar-refractivity contribution in [3.8, 4) is 0 Å². The van der Waals surface area contributed by atoms with Gasteiger partial charge in [0, 0.05) is 24.3 Å². The summed E-state index contributed by atoms with van der Waals surface area (Å²) in [6.07, 6.45) is 0. The second-order valence-corrected chi connectivity index (χ2v) is 3.81. The minimum atomic E-state index is -0.556. The van der Waals surface area contributed by atoms with E-state index in [9.17, 15) is 9.18 Å². The Kier molecular flexibility index (Phi) is 2.94. The molecule has 1 aromatic heterocycles. The van der Waals surface area contributed by atoms with Crippen LogP contribution in [0.15, 0.2) is 23.0 Å². The molecule has 16 heavy (non-hydrogen) atoms. The lowest BCUT2D eigenvalue weighted by atomic mass is 10.2. The molecule has 0 aliphatic heterocycles. The molecular weight excluding hydrogens is 233 g/mol. The summed E-state index contributed by atoms with van der Waals surface area (Å²) < 4.78 is 18.1. The van der Waals surface area contributed by atoms with Crippen LogP contribution in [0.2, 0.25) is 5.02 Å². The van der Waals surface area contributed by atoms with Crippen molar-refractivity contribution in [1.82, 2.24) is 4.98 Å². The Hall–Kier alpha value is -1.39. The summed E-state index contributed by atoms with van der Waals surface area (Å²) in [6.45, 7) is 0.273. The Balaban J connectivity index is 2.72. The largest absolute Gasteiger partial charge is 0.378 e. The molecule has 0 saturated carbocycles. The molecule has 0 radical (unpaired) electrons. The minimum Gasteiger partial charge on any atom is -0.378 e. The van der Waals surface area contributed by atoms with Gasteiger partial charge in [0.2, 0.25) is 0 Å². The molecule has 3 nitrogen and oxygen atoms in total. The number of aromatic nitrogens is 1. The van der Waals surface area contributed by atoms with Gasteiger partial charge in [0.05, 0.1) is 17.1 Å². The van der Waals surface area contributed by atoms with Gasteiger partial charge in [-0.05, 0) is 12.1 Å². The first-order valence-corrected chi connectivity index (χ1v) is 4.99. The fraction of sp³-hybridized carbons (Fsp3) is 0.182. The lowest BCUT2D eigenvalue weighted by Gasteiger charge is -2.04. The number of pyridine rings is 1. The molecule has 0 bridgehead atoms. The highest BCUT2D eigenvalue weighted by molar-refractivity contribution is 6.31. The fourth-order valence-corrected chi connectivity index (χ4v) is 1.70. The third-order valence-electron chi connectivity index (χ3n) is 2.23. The average molecular weight is 242 g/mol. The standard InChI is InChI=1S/C11H9ClFNO2/c1-16-5-6-2-11(15)7-3-8(12)9(13)4-10(7)14-6/h2-4H,5H2,1H3,(H,14,15). The number of hydrogen-bond acceptors (Lipinski definition) is 2. The number of rotatable bonds is 2. The average Bonchev–Trinajstić information content (AvgIpc) is 2.22. The van der Waals surface area contributed by atoms with E-state index in [1.165, 1.54) is 25.3 Å². The van der Waals surface area contributed by atoms with Crippen molar-refractivity contribution in [2.24, 2.45) is 0 Å². The number of halogens is 2. The molecule has 84 valence electrons. The molecule has 1 N–H and O–H groups in total. The highest BCUT2D eigenvalue weighted by Crippen LogP contribution is 2.19. The molecule has 0 fully saturated rings. The van der Waals surface area contributed by atoms with Crippen LogP contribution >= 0.6 is 11.6 Å². The molecule has 0 spiro atoms. The van der Waals surface area contributed by atoms with Crippen LogP contribution in [0.4, 0.5) is 4.39 Å². The van der Waals surface area contributed by atoms with Crippen molar-refractivity contribution >= 4 is 22.5 Å². The quantitative estimate of drug-likeness (QED) is 0.878. The highest BCUT2D eigenvalue weighted by atomic mass is 35.5. The van der Waals surface area contributed by atoms with E-state index in [1.54, 1.807) is 0 Å². The predicted molar refractivity (Wildman–Crippen MR) is 60.2 cm³/mol. The lowest BCUT2D eigenvalue weighted by molar-refractivity contribution is 0.181. The van der Waals surface area contributed by atoms with Crippen molar-refractivity contribution in [3.63, 3.8) is 0 Å². The Morgan fingerprint density at radius 3 is 2.88 bits per heavy atom. The second kappa shape index (κ2) is 4.23. The normalized spacial score (nSPS) is 10.9. The van der Waals surface area contributed by atoms with E-state index in [0.717, 1.165) is 0 Å². The summed E-state index contributed by atoms with van der Waals surface area (Å²) in [5.74, 6) is -0.556. The molecule has 0 atom stereocenters. The monoisotopic (exact) mass is 241 g/mol. The van der Waals surface area contributed by atoms with E-state index in [0.29, 0.717) is 16.6 Å². The zero-order valence-electron chi connectivity index (χ0n) is 8.51. The first-order valence-electron chi connectivity index (χ1n) is 4.61. The molecule has 0 aliphatic rings. The van der Waals surface area contributed by atoms with Crippen LogP contribution in [0, 0.1) is 5.82 Å². The van der Waals surface area contributed by atoms with Crippen LogP contribution in [0.1, 0.15) is 5.69 Å². The molecule has 0 saturated heterocycles. The van der Waals surface area contributed by atoms with Gasteiger partial charge in [0.25, 0.3) is 0 Å². The summed E-state index contributed by atoms with van der Waals surface area (Å²) in [4.78, 5) is 14.6. The fourth-order valence-electron chi connectivity index (χ4n) is 1.53. The number of H-pyrrole nitrogens is 1. The third-order valence-corrected chi connectivity index (χ3v) is 2.52.